The van der Waals surface area contributed by atoms with Crippen LogP contribution in [0.5, 0.6) is 0 Å². The topological polar surface area (TPSA) is 66.8 Å². The van der Waals surface area contributed by atoms with Crippen LogP contribution >= 0.6 is 0 Å². The van der Waals surface area contributed by atoms with Crippen LogP contribution in [0.25, 0.3) is 10.9 Å². The molecule has 6 heteroatoms. The van der Waals surface area contributed by atoms with Gasteiger partial charge in [-0.1, -0.05) is 48.5 Å². The minimum Gasteiger partial charge on any atom is -0.336 e. The summed E-state index contributed by atoms with van der Waals surface area (Å²) in [5.41, 5.74) is 3.48. The van der Waals surface area contributed by atoms with Crippen molar-refractivity contribution in [3.63, 3.8) is 0 Å². The number of hydrogen-bond acceptors (Lipinski definition) is 3. The quantitative estimate of drug-likeness (QED) is 0.604. The number of hydrogen-bond donors (Lipinski definition) is 1. The van der Waals surface area contributed by atoms with Gasteiger partial charge in [-0.25, -0.2) is 0 Å². The van der Waals surface area contributed by atoms with Crippen LogP contribution in [-0.2, 0) is 13.1 Å². The van der Waals surface area contributed by atoms with Crippen molar-refractivity contribution in [3.05, 3.63) is 83.8 Å². The molecule has 0 bridgehead atoms. The largest absolute Gasteiger partial charge is 0.336 e. The number of H-pyrrole nitrogens is 1. The van der Waals surface area contributed by atoms with Gasteiger partial charge >= 0.3 is 0 Å². The molecule has 0 unspecified atom stereocenters. The molecule has 0 aliphatic heterocycles. The van der Waals surface area contributed by atoms with E-state index in [-0.39, 0.29) is 5.91 Å². The fourth-order valence-corrected chi connectivity index (χ4v) is 3.00. The Bertz CT molecular complexity index is 1030. The van der Waals surface area contributed by atoms with E-state index in [4.69, 9.17) is 0 Å². The van der Waals surface area contributed by atoms with E-state index >= 15 is 0 Å². The van der Waals surface area contributed by atoms with Crippen molar-refractivity contribution in [2.75, 3.05) is 7.05 Å². The van der Waals surface area contributed by atoms with E-state index < -0.39 is 0 Å². The van der Waals surface area contributed by atoms with Crippen LogP contribution < -0.4 is 0 Å². The van der Waals surface area contributed by atoms with Gasteiger partial charge in [-0.2, -0.15) is 10.2 Å². The Balaban J connectivity index is 1.46. The molecule has 0 saturated carbocycles. The van der Waals surface area contributed by atoms with Crippen LogP contribution in [0.2, 0.25) is 0 Å². The molecule has 0 aliphatic rings. The number of para-hydroxylation sites is 1. The van der Waals surface area contributed by atoms with Crippen LogP contribution in [0.3, 0.4) is 0 Å². The summed E-state index contributed by atoms with van der Waals surface area (Å²) in [7, 11) is 1.78. The van der Waals surface area contributed by atoms with E-state index in [1.54, 1.807) is 18.1 Å². The van der Waals surface area contributed by atoms with Crippen molar-refractivity contribution in [2.24, 2.45) is 0 Å². The molecule has 0 radical (unpaired) electrons. The molecule has 0 atom stereocenters. The van der Waals surface area contributed by atoms with Gasteiger partial charge < -0.3 is 4.90 Å². The van der Waals surface area contributed by atoms with Gasteiger partial charge in [0.1, 0.15) is 0 Å². The van der Waals surface area contributed by atoms with Crippen molar-refractivity contribution in [1.82, 2.24) is 24.9 Å². The normalized spacial score (nSPS) is 11.0. The van der Waals surface area contributed by atoms with Crippen LogP contribution in [0.15, 0.2) is 67.0 Å². The third kappa shape index (κ3) is 3.21. The first-order chi connectivity index (χ1) is 12.7. The Morgan fingerprint density at radius 2 is 1.85 bits per heavy atom. The van der Waals surface area contributed by atoms with Gasteiger partial charge in [0.2, 0.25) is 0 Å². The predicted molar refractivity (Wildman–Crippen MR) is 99.7 cm³/mol. The number of amides is 1. The lowest BCUT2D eigenvalue weighted by Gasteiger charge is -2.14. The summed E-state index contributed by atoms with van der Waals surface area (Å²) in [5.74, 6) is -0.113. The minimum atomic E-state index is -0.113. The number of carbonyl (C=O) groups is 1. The second-order valence-corrected chi connectivity index (χ2v) is 6.31. The fraction of sp³-hybridized carbons (Fsp3) is 0.150. The molecule has 1 amide bonds. The summed E-state index contributed by atoms with van der Waals surface area (Å²) in [5, 5.41) is 12.3. The molecule has 2 aromatic heterocycles. The van der Waals surface area contributed by atoms with Crippen molar-refractivity contribution < 1.29 is 4.79 Å². The summed E-state index contributed by atoms with van der Waals surface area (Å²) in [4.78, 5) is 14.4. The van der Waals surface area contributed by atoms with Gasteiger partial charge in [-0.3, -0.25) is 14.6 Å². The smallest absolute Gasteiger partial charge is 0.275 e. The first-order valence-electron chi connectivity index (χ1n) is 8.44. The molecule has 130 valence electrons. The van der Waals surface area contributed by atoms with E-state index in [1.807, 2.05) is 53.3 Å². The van der Waals surface area contributed by atoms with E-state index in [2.05, 4.69) is 27.4 Å². The summed E-state index contributed by atoms with van der Waals surface area (Å²) < 4.78 is 1.88. The molecule has 0 saturated heterocycles. The van der Waals surface area contributed by atoms with Gasteiger partial charge in [0, 0.05) is 30.7 Å². The summed E-state index contributed by atoms with van der Waals surface area (Å²) in [6.45, 7) is 1.19. The Hall–Kier alpha value is -3.41. The molecule has 0 spiro atoms. The number of benzene rings is 2. The molecule has 1 N–H and O–H groups in total. The number of carbonyl (C=O) groups excluding carboxylic acids is 1. The highest BCUT2D eigenvalue weighted by molar-refractivity contribution is 6.04. The maximum Gasteiger partial charge on any atom is 0.275 e. The molecule has 2 aromatic carbocycles. The van der Waals surface area contributed by atoms with Gasteiger partial charge in [0.05, 0.1) is 18.3 Å². The van der Waals surface area contributed by atoms with Crippen LogP contribution in [0.4, 0.5) is 0 Å². The predicted octanol–water partition coefficient (Wildman–Crippen LogP) is 3.08. The second-order valence-electron chi connectivity index (χ2n) is 6.31. The van der Waals surface area contributed by atoms with E-state index in [9.17, 15) is 4.79 Å². The number of aromatic amines is 1. The van der Waals surface area contributed by atoms with Crippen molar-refractivity contribution >= 4 is 16.8 Å². The monoisotopic (exact) mass is 345 g/mol. The van der Waals surface area contributed by atoms with Crippen LogP contribution in [-0.4, -0.2) is 37.8 Å². The Morgan fingerprint density at radius 3 is 2.69 bits per heavy atom. The van der Waals surface area contributed by atoms with Crippen molar-refractivity contribution in [3.8, 4) is 0 Å². The number of nitrogens with zero attached hydrogens (tertiary/aromatic N) is 4. The Morgan fingerprint density at radius 1 is 1.08 bits per heavy atom. The standard InChI is InChI=1S/C20H19N5O/c1-24(20(26)19-17-9-5-6-10-18(17)22-23-19)12-16-11-21-25(14-16)13-15-7-3-2-4-8-15/h2-11,14H,12-13H2,1H3,(H,22,23). The van der Waals surface area contributed by atoms with Gasteiger partial charge in [0.25, 0.3) is 5.91 Å². The Kier molecular flexibility index (Phi) is 4.23. The van der Waals surface area contributed by atoms with E-state index in [1.165, 1.54) is 5.56 Å². The van der Waals surface area contributed by atoms with Gasteiger partial charge in [-0.15, -0.1) is 0 Å². The summed E-state index contributed by atoms with van der Waals surface area (Å²) >= 11 is 0. The first kappa shape index (κ1) is 16.1. The zero-order valence-electron chi connectivity index (χ0n) is 14.5. The Labute approximate surface area is 151 Å². The first-order valence-corrected chi connectivity index (χ1v) is 8.44. The molecule has 2 heterocycles. The molecular weight excluding hydrogens is 326 g/mol. The number of fused-ring (bicyclic) bond motifs is 1. The molecule has 0 fully saturated rings. The number of rotatable bonds is 5. The average Bonchev–Trinajstić information content (AvgIpc) is 3.29. The van der Waals surface area contributed by atoms with Crippen LogP contribution in [0.1, 0.15) is 21.6 Å². The SMILES string of the molecule is CN(Cc1cnn(Cc2ccccc2)c1)C(=O)c1n[nH]c2ccccc12. The summed E-state index contributed by atoms with van der Waals surface area (Å²) in [6.07, 6.45) is 3.77. The molecule has 4 rings (SSSR count). The highest BCUT2D eigenvalue weighted by Gasteiger charge is 2.18. The zero-order chi connectivity index (χ0) is 17.9. The lowest BCUT2D eigenvalue weighted by atomic mass is 10.2. The second kappa shape index (κ2) is 6.84. The highest BCUT2D eigenvalue weighted by atomic mass is 16.2. The third-order valence-corrected chi connectivity index (χ3v) is 4.31. The van der Waals surface area contributed by atoms with Crippen molar-refractivity contribution in [1.29, 1.82) is 0 Å². The molecule has 0 aliphatic carbocycles. The van der Waals surface area contributed by atoms with Crippen LogP contribution in [0, 0.1) is 0 Å². The third-order valence-electron chi connectivity index (χ3n) is 4.31. The van der Waals surface area contributed by atoms with Gasteiger partial charge in [0.15, 0.2) is 5.69 Å². The maximum atomic E-state index is 12.7. The van der Waals surface area contributed by atoms with Gasteiger partial charge in [-0.05, 0) is 11.6 Å². The molecule has 26 heavy (non-hydrogen) atoms. The number of aromatic nitrogens is 4. The highest BCUT2D eigenvalue weighted by Crippen LogP contribution is 2.17. The number of nitrogens with one attached hydrogen (secondary N) is 1. The lowest BCUT2D eigenvalue weighted by Crippen LogP contribution is -2.26. The average molecular weight is 345 g/mol. The summed E-state index contributed by atoms with van der Waals surface area (Å²) in [6, 6.07) is 17.8. The minimum absolute atomic E-state index is 0.113. The fourth-order valence-electron chi connectivity index (χ4n) is 3.00. The zero-order valence-corrected chi connectivity index (χ0v) is 14.5. The molecule has 4 aromatic rings. The molecule has 6 nitrogen and oxygen atoms in total. The van der Waals surface area contributed by atoms with E-state index in [0.29, 0.717) is 18.8 Å². The molecular formula is C20H19N5O. The lowest BCUT2D eigenvalue weighted by molar-refractivity contribution is 0.0781. The van der Waals surface area contributed by atoms with Crippen molar-refractivity contribution in [2.45, 2.75) is 13.1 Å². The maximum absolute atomic E-state index is 12.7. The van der Waals surface area contributed by atoms with E-state index in [0.717, 1.165) is 16.5 Å².